The van der Waals surface area contributed by atoms with Gasteiger partial charge >= 0.3 is 0 Å². The van der Waals surface area contributed by atoms with Crippen molar-refractivity contribution in [1.82, 2.24) is 0 Å². The van der Waals surface area contributed by atoms with Gasteiger partial charge in [0.15, 0.2) is 0 Å². The molecule has 0 saturated heterocycles. The van der Waals surface area contributed by atoms with Crippen LogP contribution in [0.3, 0.4) is 0 Å². The summed E-state index contributed by atoms with van der Waals surface area (Å²) in [5.74, 6) is 0.857. The molecular weight excluding hydrogens is 198 g/mol. The van der Waals surface area contributed by atoms with Gasteiger partial charge in [-0.15, -0.1) is 0 Å². The van der Waals surface area contributed by atoms with Crippen molar-refractivity contribution in [3.05, 3.63) is 48.0 Å². The third kappa shape index (κ3) is 1.87. The van der Waals surface area contributed by atoms with Crippen molar-refractivity contribution in [2.45, 2.75) is 6.92 Å². The second-order valence-corrected chi connectivity index (χ2v) is 3.77. The zero-order chi connectivity index (χ0) is 11.5. The van der Waals surface area contributed by atoms with Crippen LogP contribution in [-0.4, -0.2) is 7.11 Å². The second-order valence-electron chi connectivity index (χ2n) is 3.77. The quantitative estimate of drug-likeness (QED) is 0.777. The molecule has 0 unspecified atom stereocenters. The van der Waals surface area contributed by atoms with E-state index in [0.717, 1.165) is 22.6 Å². The Morgan fingerprint density at radius 1 is 1.00 bits per heavy atom. The molecule has 0 radical (unpaired) electrons. The molecule has 0 aliphatic rings. The molecule has 2 N–H and O–H groups in total. The van der Waals surface area contributed by atoms with Gasteiger partial charge in [-0.25, -0.2) is 0 Å². The maximum absolute atomic E-state index is 5.99. The van der Waals surface area contributed by atoms with Crippen LogP contribution in [0.25, 0.3) is 11.1 Å². The van der Waals surface area contributed by atoms with Gasteiger partial charge in [0.2, 0.25) is 0 Å². The average Bonchev–Trinajstić information content (AvgIpc) is 2.30. The normalized spacial score (nSPS) is 10.1. The number of hydrogen-bond donors (Lipinski definition) is 1. The standard InChI is InChI=1S/C14H15NO/c1-10-4-3-5-13(15)14(10)11-6-8-12(16-2)9-7-11/h3-9H,15H2,1-2H3. The molecule has 82 valence electrons. The Morgan fingerprint density at radius 3 is 2.25 bits per heavy atom. The maximum Gasteiger partial charge on any atom is 0.118 e. The van der Waals surface area contributed by atoms with Crippen molar-refractivity contribution in [1.29, 1.82) is 0 Å². The lowest BCUT2D eigenvalue weighted by Gasteiger charge is -2.10. The van der Waals surface area contributed by atoms with Crippen LogP contribution in [0.4, 0.5) is 5.69 Å². The Hall–Kier alpha value is -1.96. The summed E-state index contributed by atoms with van der Waals surface area (Å²) < 4.78 is 5.13. The van der Waals surface area contributed by atoms with Crippen LogP contribution in [0.2, 0.25) is 0 Å². The molecule has 2 heteroatoms. The predicted molar refractivity (Wildman–Crippen MR) is 67.6 cm³/mol. The van der Waals surface area contributed by atoms with Crippen LogP contribution < -0.4 is 10.5 Å². The molecule has 0 spiro atoms. The SMILES string of the molecule is COc1ccc(-c2c(C)cccc2N)cc1. The molecule has 0 saturated carbocycles. The minimum Gasteiger partial charge on any atom is -0.497 e. The van der Waals surface area contributed by atoms with E-state index >= 15 is 0 Å². The smallest absolute Gasteiger partial charge is 0.118 e. The van der Waals surface area contributed by atoms with Gasteiger partial charge in [-0.2, -0.15) is 0 Å². The third-order valence-corrected chi connectivity index (χ3v) is 2.68. The van der Waals surface area contributed by atoms with E-state index in [1.54, 1.807) is 7.11 Å². The molecule has 0 amide bonds. The average molecular weight is 213 g/mol. The summed E-state index contributed by atoms with van der Waals surface area (Å²) >= 11 is 0. The van der Waals surface area contributed by atoms with E-state index in [1.165, 1.54) is 5.56 Å². The molecule has 0 aromatic heterocycles. The van der Waals surface area contributed by atoms with Gasteiger partial charge < -0.3 is 10.5 Å². The van der Waals surface area contributed by atoms with Crippen LogP contribution in [0, 0.1) is 6.92 Å². The summed E-state index contributed by atoms with van der Waals surface area (Å²) in [6.45, 7) is 2.07. The summed E-state index contributed by atoms with van der Waals surface area (Å²) in [7, 11) is 1.66. The first-order valence-corrected chi connectivity index (χ1v) is 5.22. The van der Waals surface area contributed by atoms with Gasteiger partial charge in [0.25, 0.3) is 0 Å². The number of anilines is 1. The van der Waals surface area contributed by atoms with Crippen molar-refractivity contribution in [3.8, 4) is 16.9 Å². The molecule has 0 aliphatic carbocycles. The summed E-state index contributed by atoms with van der Waals surface area (Å²) in [6.07, 6.45) is 0. The van der Waals surface area contributed by atoms with E-state index in [9.17, 15) is 0 Å². The fourth-order valence-electron chi connectivity index (χ4n) is 1.84. The molecule has 2 rings (SSSR count). The van der Waals surface area contributed by atoms with Crippen LogP contribution in [0.1, 0.15) is 5.56 Å². The van der Waals surface area contributed by atoms with Crippen LogP contribution in [0.5, 0.6) is 5.75 Å². The van der Waals surface area contributed by atoms with E-state index in [0.29, 0.717) is 0 Å². The second kappa shape index (κ2) is 4.27. The summed E-state index contributed by atoms with van der Waals surface area (Å²) in [6, 6.07) is 13.9. The summed E-state index contributed by atoms with van der Waals surface area (Å²) in [5, 5.41) is 0. The molecule has 0 bridgehead atoms. The number of aryl methyl sites for hydroxylation is 1. The van der Waals surface area contributed by atoms with Crippen molar-refractivity contribution in [3.63, 3.8) is 0 Å². The highest BCUT2D eigenvalue weighted by Crippen LogP contribution is 2.30. The summed E-state index contributed by atoms with van der Waals surface area (Å²) in [5.41, 5.74) is 10.2. The number of benzene rings is 2. The Kier molecular flexibility index (Phi) is 2.82. The highest BCUT2D eigenvalue weighted by molar-refractivity contribution is 5.79. The molecule has 0 fully saturated rings. The lowest BCUT2D eigenvalue weighted by molar-refractivity contribution is 0.415. The predicted octanol–water partition coefficient (Wildman–Crippen LogP) is 3.25. The lowest BCUT2D eigenvalue weighted by Crippen LogP contribution is -1.92. The van der Waals surface area contributed by atoms with E-state index in [-0.39, 0.29) is 0 Å². The van der Waals surface area contributed by atoms with Gasteiger partial charge in [-0.1, -0.05) is 24.3 Å². The number of nitrogen functional groups attached to an aromatic ring is 1. The van der Waals surface area contributed by atoms with Crippen molar-refractivity contribution < 1.29 is 4.74 Å². The van der Waals surface area contributed by atoms with Crippen LogP contribution in [0.15, 0.2) is 42.5 Å². The number of hydrogen-bond acceptors (Lipinski definition) is 2. The van der Waals surface area contributed by atoms with Crippen molar-refractivity contribution >= 4 is 5.69 Å². The fourth-order valence-corrected chi connectivity index (χ4v) is 1.84. The topological polar surface area (TPSA) is 35.2 Å². The number of ether oxygens (including phenoxy) is 1. The fraction of sp³-hybridized carbons (Fsp3) is 0.143. The van der Waals surface area contributed by atoms with Gasteiger partial charge in [-0.05, 0) is 36.2 Å². The van der Waals surface area contributed by atoms with Crippen LogP contribution in [-0.2, 0) is 0 Å². The highest BCUT2D eigenvalue weighted by Gasteiger charge is 2.05. The minimum absolute atomic E-state index is 0.810. The molecule has 0 atom stereocenters. The zero-order valence-corrected chi connectivity index (χ0v) is 9.53. The Labute approximate surface area is 95.7 Å². The molecule has 0 heterocycles. The Morgan fingerprint density at radius 2 is 1.69 bits per heavy atom. The first kappa shape index (κ1) is 10.6. The first-order valence-electron chi connectivity index (χ1n) is 5.22. The number of rotatable bonds is 2. The molecule has 2 aromatic rings. The maximum atomic E-state index is 5.99. The largest absolute Gasteiger partial charge is 0.497 e. The van der Waals surface area contributed by atoms with Gasteiger partial charge in [-0.3, -0.25) is 0 Å². The van der Waals surface area contributed by atoms with E-state index in [4.69, 9.17) is 10.5 Å². The van der Waals surface area contributed by atoms with Crippen LogP contribution >= 0.6 is 0 Å². The molecule has 0 aliphatic heterocycles. The third-order valence-electron chi connectivity index (χ3n) is 2.68. The van der Waals surface area contributed by atoms with E-state index in [1.807, 2.05) is 36.4 Å². The minimum atomic E-state index is 0.810. The monoisotopic (exact) mass is 213 g/mol. The van der Waals surface area contributed by atoms with E-state index < -0.39 is 0 Å². The lowest BCUT2D eigenvalue weighted by atomic mass is 9.99. The van der Waals surface area contributed by atoms with Crippen molar-refractivity contribution in [2.24, 2.45) is 0 Å². The van der Waals surface area contributed by atoms with Crippen molar-refractivity contribution in [2.75, 3.05) is 12.8 Å². The highest BCUT2D eigenvalue weighted by atomic mass is 16.5. The Bertz CT molecular complexity index is 468. The van der Waals surface area contributed by atoms with Gasteiger partial charge in [0.1, 0.15) is 5.75 Å². The van der Waals surface area contributed by atoms with Gasteiger partial charge in [0, 0.05) is 11.3 Å². The zero-order valence-electron chi connectivity index (χ0n) is 9.53. The summed E-state index contributed by atoms with van der Waals surface area (Å²) in [4.78, 5) is 0. The molecular formula is C14H15NO. The molecule has 16 heavy (non-hydrogen) atoms. The Balaban J connectivity index is 2.50. The van der Waals surface area contributed by atoms with E-state index in [2.05, 4.69) is 13.0 Å². The molecule has 2 nitrogen and oxygen atoms in total. The first-order chi connectivity index (χ1) is 7.72. The number of nitrogens with two attached hydrogens (primary N) is 1. The molecule has 2 aromatic carbocycles. The van der Waals surface area contributed by atoms with Gasteiger partial charge in [0.05, 0.1) is 7.11 Å². The number of methoxy groups -OCH3 is 1.